The van der Waals surface area contributed by atoms with Crippen LogP contribution in [0, 0.1) is 17.0 Å². The molecule has 0 aliphatic rings. The van der Waals surface area contributed by atoms with Gasteiger partial charge in [-0.2, -0.15) is 0 Å². The molecule has 252 valence electrons. The standard InChI is InChI=1S/C35H37ClN4O7S/c1-24(2)37-35(42)32(19-26-11-7-5-8-12-26)38(22-27-13-9-6-10-14-27)34(41)23-39(31-20-28(36)16-18-33(31)47-4)48(45,46)29-17-15-25(3)30(21-29)40(43)44/h5-18,20-21,24,32H,19,22-23H2,1-4H3,(H,37,42). The summed E-state index contributed by atoms with van der Waals surface area (Å²) in [6.07, 6.45) is 0.148. The van der Waals surface area contributed by atoms with Crippen molar-refractivity contribution in [3.05, 3.63) is 129 Å². The van der Waals surface area contributed by atoms with Crippen LogP contribution in [0.15, 0.2) is 102 Å². The van der Waals surface area contributed by atoms with E-state index in [1.807, 2.05) is 36.4 Å². The zero-order valence-electron chi connectivity index (χ0n) is 27.0. The molecule has 0 aromatic heterocycles. The van der Waals surface area contributed by atoms with Crippen molar-refractivity contribution in [1.29, 1.82) is 0 Å². The molecule has 4 rings (SSSR count). The molecule has 0 heterocycles. The van der Waals surface area contributed by atoms with Crippen molar-refractivity contribution in [2.75, 3.05) is 18.0 Å². The fourth-order valence-corrected chi connectivity index (χ4v) is 6.76. The summed E-state index contributed by atoms with van der Waals surface area (Å²) < 4.78 is 35.1. The molecular weight excluding hydrogens is 656 g/mol. The predicted molar refractivity (Wildman–Crippen MR) is 185 cm³/mol. The van der Waals surface area contributed by atoms with Gasteiger partial charge in [0.2, 0.25) is 11.8 Å². The normalized spacial score (nSPS) is 11.9. The summed E-state index contributed by atoms with van der Waals surface area (Å²) in [5.41, 5.74) is 1.30. The molecule has 2 amide bonds. The van der Waals surface area contributed by atoms with Gasteiger partial charge in [0.25, 0.3) is 15.7 Å². The van der Waals surface area contributed by atoms with E-state index in [-0.39, 0.29) is 41.0 Å². The third-order valence-electron chi connectivity index (χ3n) is 7.55. The van der Waals surface area contributed by atoms with Crippen LogP contribution in [0.2, 0.25) is 5.02 Å². The van der Waals surface area contributed by atoms with Gasteiger partial charge in [0.15, 0.2) is 0 Å². The number of amides is 2. The molecule has 11 nitrogen and oxygen atoms in total. The number of carbonyl (C=O) groups is 2. The van der Waals surface area contributed by atoms with Crippen LogP contribution in [0.5, 0.6) is 5.75 Å². The molecule has 13 heteroatoms. The number of halogens is 1. The fraction of sp³-hybridized carbons (Fsp3) is 0.257. The number of nitrogens with one attached hydrogen (secondary N) is 1. The highest BCUT2D eigenvalue weighted by Crippen LogP contribution is 2.36. The molecule has 0 saturated heterocycles. The van der Waals surface area contributed by atoms with Crippen LogP contribution in [-0.2, 0) is 32.6 Å². The quantitative estimate of drug-likeness (QED) is 0.128. The number of rotatable bonds is 14. The van der Waals surface area contributed by atoms with Crippen molar-refractivity contribution >= 4 is 44.8 Å². The molecule has 4 aromatic rings. The average molecular weight is 693 g/mol. The van der Waals surface area contributed by atoms with Gasteiger partial charge in [-0.05, 0) is 56.2 Å². The number of aryl methyl sites for hydroxylation is 1. The van der Waals surface area contributed by atoms with Crippen LogP contribution >= 0.6 is 11.6 Å². The third kappa shape index (κ3) is 8.69. The summed E-state index contributed by atoms with van der Waals surface area (Å²) in [7, 11) is -3.32. The van der Waals surface area contributed by atoms with Gasteiger partial charge in [-0.1, -0.05) is 78.3 Å². The van der Waals surface area contributed by atoms with E-state index >= 15 is 0 Å². The van der Waals surface area contributed by atoms with Crippen LogP contribution in [0.25, 0.3) is 0 Å². The number of carbonyl (C=O) groups excluding carboxylic acids is 2. The van der Waals surface area contributed by atoms with Crippen LogP contribution in [-0.4, -0.2) is 55.8 Å². The minimum absolute atomic E-state index is 0.0146. The minimum atomic E-state index is -4.66. The third-order valence-corrected chi connectivity index (χ3v) is 9.54. The van der Waals surface area contributed by atoms with Crippen molar-refractivity contribution in [1.82, 2.24) is 10.2 Å². The van der Waals surface area contributed by atoms with E-state index in [1.54, 1.807) is 38.1 Å². The van der Waals surface area contributed by atoms with Crippen molar-refractivity contribution in [3.63, 3.8) is 0 Å². The smallest absolute Gasteiger partial charge is 0.273 e. The largest absolute Gasteiger partial charge is 0.495 e. The maximum Gasteiger partial charge on any atom is 0.273 e. The molecule has 0 saturated carbocycles. The van der Waals surface area contributed by atoms with Crippen LogP contribution in [0.1, 0.15) is 30.5 Å². The molecule has 0 fully saturated rings. The molecule has 0 radical (unpaired) electrons. The first-order valence-electron chi connectivity index (χ1n) is 15.1. The van der Waals surface area contributed by atoms with Crippen molar-refractivity contribution in [2.24, 2.45) is 0 Å². The van der Waals surface area contributed by atoms with Gasteiger partial charge >= 0.3 is 0 Å². The Balaban J connectivity index is 1.88. The predicted octanol–water partition coefficient (Wildman–Crippen LogP) is 5.93. The molecule has 1 atom stereocenters. The first kappa shape index (κ1) is 35.9. The molecule has 0 aliphatic carbocycles. The van der Waals surface area contributed by atoms with Gasteiger partial charge in [0, 0.05) is 35.7 Å². The first-order chi connectivity index (χ1) is 22.8. The number of hydrogen-bond acceptors (Lipinski definition) is 7. The maximum atomic E-state index is 14.6. The average Bonchev–Trinajstić information content (AvgIpc) is 3.05. The monoisotopic (exact) mass is 692 g/mol. The van der Waals surface area contributed by atoms with Crippen molar-refractivity contribution in [2.45, 2.75) is 50.7 Å². The lowest BCUT2D eigenvalue weighted by molar-refractivity contribution is -0.385. The Labute approximate surface area is 285 Å². The number of ether oxygens (including phenoxy) is 1. The molecule has 1 unspecified atom stereocenters. The lowest BCUT2D eigenvalue weighted by Crippen LogP contribution is -2.54. The van der Waals surface area contributed by atoms with Gasteiger partial charge in [-0.3, -0.25) is 24.0 Å². The highest BCUT2D eigenvalue weighted by molar-refractivity contribution is 7.92. The highest BCUT2D eigenvalue weighted by atomic mass is 35.5. The number of benzene rings is 4. The molecule has 48 heavy (non-hydrogen) atoms. The Kier molecular flexibility index (Phi) is 11.8. The van der Waals surface area contributed by atoms with Crippen LogP contribution in [0.4, 0.5) is 11.4 Å². The first-order valence-corrected chi connectivity index (χ1v) is 16.9. The number of sulfonamides is 1. The summed E-state index contributed by atoms with van der Waals surface area (Å²) in [5, 5.41) is 14.8. The lowest BCUT2D eigenvalue weighted by atomic mass is 10.0. The summed E-state index contributed by atoms with van der Waals surface area (Å²) in [6.45, 7) is 4.31. The molecule has 0 bridgehead atoms. The van der Waals surface area contributed by atoms with E-state index in [9.17, 15) is 28.1 Å². The van der Waals surface area contributed by atoms with E-state index in [1.165, 1.54) is 49.3 Å². The van der Waals surface area contributed by atoms with Gasteiger partial charge in [0.1, 0.15) is 18.3 Å². The summed E-state index contributed by atoms with van der Waals surface area (Å²) in [6, 6.07) is 24.8. The van der Waals surface area contributed by atoms with E-state index in [0.29, 0.717) is 5.56 Å². The van der Waals surface area contributed by atoms with E-state index in [4.69, 9.17) is 16.3 Å². The van der Waals surface area contributed by atoms with Crippen molar-refractivity contribution < 1.29 is 27.7 Å². The second kappa shape index (κ2) is 15.8. The Bertz CT molecular complexity index is 1870. The Morgan fingerprint density at radius 2 is 1.56 bits per heavy atom. The highest BCUT2D eigenvalue weighted by Gasteiger charge is 2.36. The van der Waals surface area contributed by atoms with Gasteiger partial charge in [0.05, 0.1) is 22.6 Å². The van der Waals surface area contributed by atoms with E-state index in [0.717, 1.165) is 15.9 Å². The van der Waals surface area contributed by atoms with Crippen LogP contribution < -0.4 is 14.4 Å². The fourth-order valence-electron chi connectivity index (χ4n) is 5.16. The Hall–Kier alpha value is -4.94. The lowest BCUT2D eigenvalue weighted by Gasteiger charge is -2.34. The minimum Gasteiger partial charge on any atom is -0.495 e. The molecule has 0 aliphatic heterocycles. The number of nitro groups is 1. The second-order valence-electron chi connectivity index (χ2n) is 11.4. The summed E-state index contributed by atoms with van der Waals surface area (Å²) in [4.78, 5) is 40.4. The molecular formula is C35H37ClN4O7S. The second-order valence-corrected chi connectivity index (χ2v) is 13.7. The Morgan fingerprint density at radius 1 is 0.938 bits per heavy atom. The van der Waals surface area contributed by atoms with Gasteiger partial charge in [-0.15, -0.1) is 0 Å². The number of nitro benzene ring substituents is 1. The van der Waals surface area contributed by atoms with E-state index in [2.05, 4.69) is 5.32 Å². The summed E-state index contributed by atoms with van der Waals surface area (Å²) in [5.74, 6) is -1.03. The SMILES string of the molecule is COc1ccc(Cl)cc1N(CC(=O)N(Cc1ccccc1)C(Cc1ccccc1)C(=O)NC(C)C)S(=O)(=O)c1ccc(C)c([N+](=O)[O-])c1. The topological polar surface area (TPSA) is 139 Å². The molecule has 0 spiro atoms. The van der Waals surface area contributed by atoms with Gasteiger partial charge < -0.3 is 15.0 Å². The molecule has 1 N–H and O–H groups in total. The summed E-state index contributed by atoms with van der Waals surface area (Å²) >= 11 is 6.32. The van der Waals surface area contributed by atoms with Crippen LogP contribution in [0.3, 0.4) is 0 Å². The Morgan fingerprint density at radius 3 is 2.15 bits per heavy atom. The van der Waals surface area contributed by atoms with Crippen molar-refractivity contribution in [3.8, 4) is 5.75 Å². The van der Waals surface area contributed by atoms with Gasteiger partial charge in [-0.25, -0.2) is 8.42 Å². The maximum absolute atomic E-state index is 14.6. The number of nitrogens with zero attached hydrogens (tertiary/aromatic N) is 3. The number of hydrogen-bond donors (Lipinski definition) is 1. The zero-order valence-corrected chi connectivity index (χ0v) is 28.6. The zero-order chi connectivity index (χ0) is 35.0. The number of methoxy groups -OCH3 is 1. The number of anilines is 1. The van der Waals surface area contributed by atoms with E-state index < -0.39 is 49.9 Å². The molecule has 4 aromatic carbocycles.